The fourth-order valence-corrected chi connectivity index (χ4v) is 1.10. The van der Waals surface area contributed by atoms with Gasteiger partial charge in [0.2, 0.25) is 0 Å². The van der Waals surface area contributed by atoms with Gasteiger partial charge >= 0.3 is 0 Å². The molecule has 0 unspecified atom stereocenters. The molecule has 64 valence electrons. The van der Waals surface area contributed by atoms with Gasteiger partial charge in [-0.15, -0.1) is 0 Å². The summed E-state index contributed by atoms with van der Waals surface area (Å²) in [5.74, 6) is 0. The smallest absolute Gasteiger partial charge is 0.0632 e. The van der Waals surface area contributed by atoms with Crippen LogP contribution in [0.4, 0.5) is 0 Å². The Bertz CT molecular complexity index is 138. The van der Waals surface area contributed by atoms with Gasteiger partial charge in [-0.3, -0.25) is 4.99 Å². The van der Waals surface area contributed by atoms with E-state index < -0.39 is 0 Å². The topological polar surface area (TPSA) is 24.4 Å². The Morgan fingerprint density at radius 3 is 2.64 bits per heavy atom. The van der Waals surface area contributed by atoms with Crippen molar-refractivity contribution in [3.63, 3.8) is 0 Å². The third-order valence-electron chi connectivity index (χ3n) is 1.71. The molecule has 0 radical (unpaired) electrons. The number of hydrogen-bond acceptors (Lipinski definition) is 2. The van der Waals surface area contributed by atoms with E-state index in [0.29, 0.717) is 6.04 Å². The second-order valence-corrected chi connectivity index (χ2v) is 4.29. The Morgan fingerprint density at radius 1 is 1.45 bits per heavy atom. The second-order valence-electron chi connectivity index (χ2n) is 4.29. The molecule has 2 nitrogen and oxygen atoms in total. The van der Waals surface area contributed by atoms with Crippen LogP contribution >= 0.6 is 0 Å². The summed E-state index contributed by atoms with van der Waals surface area (Å²) in [6, 6.07) is 0.536. The molecule has 1 saturated heterocycles. The largest absolute Gasteiger partial charge is 0.315 e. The van der Waals surface area contributed by atoms with E-state index in [1.165, 1.54) is 6.42 Å². The molecule has 0 aliphatic carbocycles. The van der Waals surface area contributed by atoms with Crippen LogP contribution in [0.1, 0.15) is 27.2 Å². The summed E-state index contributed by atoms with van der Waals surface area (Å²) in [4.78, 5) is 4.51. The van der Waals surface area contributed by atoms with E-state index in [1.807, 2.05) is 0 Å². The van der Waals surface area contributed by atoms with Crippen molar-refractivity contribution in [2.75, 3.05) is 13.1 Å². The molecular formula is C9H18N2. The molecule has 0 aromatic carbocycles. The van der Waals surface area contributed by atoms with E-state index in [0.717, 1.165) is 13.1 Å². The zero-order chi connectivity index (χ0) is 8.32. The number of nitrogens with one attached hydrogen (secondary N) is 1. The summed E-state index contributed by atoms with van der Waals surface area (Å²) in [5.41, 5.74) is 0.239. The van der Waals surface area contributed by atoms with Gasteiger partial charge in [0.15, 0.2) is 0 Å². The van der Waals surface area contributed by atoms with E-state index in [1.54, 1.807) is 0 Å². The molecule has 0 spiro atoms. The average Bonchev–Trinajstić information content (AvgIpc) is 2.32. The van der Waals surface area contributed by atoms with Crippen LogP contribution in [0.15, 0.2) is 4.99 Å². The maximum Gasteiger partial charge on any atom is 0.0632 e. The van der Waals surface area contributed by atoms with Gasteiger partial charge in [0.1, 0.15) is 0 Å². The van der Waals surface area contributed by atoms with Crippen molar-refractivity contribution in [2.24, 2.45) is 10.4 Å². The average molecular weight is 154 g/mol. The van der Waals surface area contributed by atoms with Gasteiger partial charge in [-0.1, -0.05) is 20.8 Å². The van der Waals surface area contributed by atoms with Gasteiger partial charge in [0.25, 0.3) is 0 Å². The maximum absolute atomic E-state index is 4.51. The molecule has 0 amide bonds. The minimum Gasteiger partial charge on any atom is -0.315 e. The van der Waals surface area contributed by atoms with Crippen LogP contribution in [0.3, 0.4) is 0 Å². The SMILES string of the molecule is CC(C)(C)/C=N/[C@@H]1CCNC1. The molecule has 0 aromatic heterocycles. The van der Waals surface area contributed by atoms with Crippen LogP contribution in [0.25, 0.3) is 0 Å². The minimum atomic E-state index is 0.239. The van der Waals surface area contributed by atoms with Gasteiger partial charge < -0.3 is 5.32 Å². The Hall–Kier alpha value is -0.370. The van der Waals surface area contributed by atoms with Crippen LogP contribution in [-0.2, 0) is 0 Å². The number of aliphatic imine (C=N–C) groups is 1. The first-order valence-corrected chi connectivity index (χ1v) is 4.33. The summed E-state index contributed by atoms with van der Waals surface area (Å²) in [7, 11) is 0. The predicted molar refractivity (Wildman–Crippen MR) is 49.2 cm³/mol. The molecule has 1 aliphatic heterocycles. The molecule has 2 heteroatoms. The fourth-order valence-electron chi connectivity index (χ4n) is 1.10. The summed E-state index contributed by atoms with van der Waals surface area (Å²) >= 11 is 0. The molecule has 1 heterocycles. The highest BCUT2D eigenvalue weighted by Crippen LogP contribution is 2.10. The van der Waals surface area contributed by atoms with Crippen molar-refractivity contribution in [3.05, 3.63) is 0 Å². The lowest BCUT2D eigenvalue weighted by Crippen LogP contribution is -2.14. The molecule has 1 rings (SSSR count). The van der Waals surface area contributed by atoms with Crippen molar-refractivity contribution >= 4 is 6.21 Å². The third-order valence-corrected chi connectivity index (χ3v) is 1.71. The van der Waals surface area contributed by atoms with Crippen molar-refractivity contribution in [2.45, 2.75) is 33.2 Å². The van der Waals surface area contributed by atoms with Gasteiger partial charge in [0, 0.05) is 12.8 Å². The summed E-state index contributed by atoms with van der Waals surface area (Å²) in [6.45, 7) is 8.73. The Morgan fingerprint density at radius 2 is 2.18 bits per heavy atom. The van der Waals surface area contributed by atoms with E-state index in [9.17, 15) is 0 Å². The molecule has 1 fully saturated rings. The van der Waals surface area contributed by atoms with Crippen LogP contribution in [0.5, 0.6) is 0 Å². The maximum atomic E-state index is 4.51. The van der Waals surface area contributed by atoms with E-state index >= 15 is 0 Å². The summed E-state index contributed by atoms with van der Waals surface area (Å²) in [6.07, 6.45) is 3.28. The van der Waals surface area contributed by atoms with E-state index in [2.05, 4.69) is 37.3 Å². The lowest BCUT2D eigenvalue weighted by molar-refractivity contribution is 0.596. The van der Waals surface area contributed by atoms with Crippen LogP contribution in [-0.4, -0.2) is 25.3 Å². The first-order valence-electron chi connectivity index (χ1n) is 4.33. The van der Waals surface area contributed by atoms with E-state index in [4.69, 9.17) is 0 Å². The van der Waals surface area contributed by atoms with Crippen molar-refractivity contribution in [1.29, 1.82) is 0 Å². The van der Waals surface area contributed by atoms with Crippen LogP contribution in [0.2, 0.25) is 0 Å². The van der Waals surface area contributed by atoms with Crippen molar-refractivity contribution in [3.8, 4) is 0 Å². The summed E-state index contributed by atoms with van der Waals surface area (Å²) in [5, 5.41) is 3.29. The lowest BCUT2D eigenvalue weighted by atomic mass is 9.99. The predicted octanol–water partition coefficient (Wildman–Crippen LogP) is 1.47. The first-order chi connectivity index (χ1) is 5.08. The molecule has 0 aromatic rings. The molecule has 11 heavy (non-hydrogen) atoms. The highest BCUT2D eigenvalue weighted by Gasteiger charge is 2.13. The molecule has 0 bridgehead atoms. The third kappa shape index (κ3) is 3.51. The van der Waals surface area contributed by atoms with Gasteiger partial charge in [-0.05, 0) is 18.4 Å². The molecular weight excluding hydrogens is 136 g/mol. The van der Waals surface area contributed by atoms with E-state index in [-0.39, 0.29) is 5.41 Å². The Labute approximate surface area is 69.1 Å². The highest BCUT2D eigenvalue weighted by molar-refractivity contribution is 5.64. The quantitative estimate of drug-likeness (QED) is 0.568. The second kappa shape index (κ2) is 3.35. The lowest BCUT2D eigenvalue weighted by Gasteiger charge is -2.11. The summed E-state index contributed by atoms with van der Waals surface area (Å²) < 4.78 is 0. The van der Waals surface area contributed by atoms with Crippen LogP contribution < -0.4 is 5.32 Å². The van der Waals surface area contributed by atoms with Gasteiger partial charge in [0.05, 0.1) is 6.04 Å². The van der Waals surface area contributed by atoms with Gasteiger partial charge in [-0.25, -0.2) is 0 Å². The first kappa shape index (κ1) is 8.72. The monoisotopic (exact) mass is 154 g/mol. The zero-order valence-corrected chi connectivity index (χ0v) is 7.72. The van der Waals surface area contributed by atoms with Crippen LogP contribution in [0, 0.1) is 5.41 Å². The zero-order valence-electron chi connectivity index (χ0n) is 7.72. The highest BCUT2D eigenvalue weighted by atomic mass is 15.0. The minimum absolute atomic E-state index is 0.239. The Kier molecular flexibility index (Phi) is 2.66. The Balaban J connectivity index is 2.34. The molecule has 0 saturated carbocycles. The van der Waals surface area contributed by atoms with Crippen molar-refractivity contribution < 1.29 is 0 Å². The fraction of sp³-hybridized carbons (Fsp3) is 0.889. The number of rotatable bonds is 1. The normalized spacial score (nSPS) is 26.6. The molecule has 1 aliphatic rings. The molecule has 1 N–H and O–H groups in total. The number of hydrogen-bond donors (Lipinski definition) is 1. The van der Waals surface area contributed by atoms with Crippen molar-refractivity contribution in [1.82, 2.24) is 5.32 Å². The number of nitrogens with zero attached hydrogens (tertiary/aromatic N) is 1. The van der Waals surface area contributed by atoms with Gasteiger partial charge in [-0.2, -0.15) is 0 Å². The standard InChI is InChI=1S/C9H18N2/c1-9(2,3)7-11-8-4-5-10-6-8/h7-8,10H,4-6H2,1-3H3/b11-7+/t8-/m1/s1. The molecule has 1 atom stereocenters.